The second-order valence-electron chi connectivity index (χ2n) is 9.75. The Morgan fingerprint density at radius 3 is 2.58 bits per heavy atom. The number of hydrazine groups is 1. The zero-order valence-corrected chi connectivity index (χ0v) is 20.6. The van der Waals surface area contributed by atoms with E-state index in [1.807, 2.05) is 18.4 Å². The van der Waals surface area contributed by atoms with E-state index in [0.29, 0.717) is 24.5 Å². The molecule has 3 aromatic rings. The molecule has 0 saturated carbocycles. The van der Waals surface area contributed by atoms with Crippen LogP contribution in [0.5, 0.6) is 0 Å². The number of aromatic nitrogens is 2. The smallest absolute Gasteiger partial charge is 0.410 e. The van der Waals surface area contributed by atoms with Crippen LogP contribution in [0.3, 0.4) is 0 Å². The predicted molar refractivity (Wildman–Crippen MR) is 128 cm³/mol. The third-order valence-corrected chi connectivity index (χ3v) is 5.76. The molecule has 3 N–H and O–H groups in total. The van der Waals surface area contributed by atoms with E-state index in [2.05, 4.69) is 4.98 Å². The number of fused-ring (bicyclic) bond motifs is 1. The molecule has 1 atom stereocenters. The van der Waals surface area contributed by atoms with Gasteiger partial charge in [0.15, 0.2) is 0 Å². The molecule has 0 spiro atoms. The van der Waals surface area contributed by atoms with Gasteiger partial charge in [-0.3, -0.25) is 10.2 Å². The lowest BCUT2D eigenvalue weighted by molar-refractivity contribution is -0.0418. The summed E-state index contributed by atoms with van der Waals surface area (Å²) < 4.78 is 43.5. The van der Waals surface area contributed by atoms with Crippen LogP contribution in [0.25, 0.3) is 16.9 Å². The molecule has 0 radical (unpaired) electrons. The monoisotopic (exact) mass is 501 g/mol. The molecule has 0 bridgehead atoms. The number of rotatable bonds is 4. The number of hydrogen-bond donors (Lipinski definition) is 2. The number of nitrogen functional groups attached to an aromatic ring is 1. The third-order valence-electron chi connectivity index (χ3n) is 5.76. The van der Waals surface area contributed by atoms with Crippen LogP contribution in [0.15, 0.2) is 30.5 Å². The first-order valence-electron chi connectivity index (χ1n) is 11.5. The minimum absolute atomic E-state index is 0.0910. The van der Waals surface area contributed by atoms with E-state index < -0.39 is 35.3 Å². The Bertz CT molecular complexity index is 1290. The van der Waals surface area contributed by atoms with Crippen molar-refractivity contribution in [2.45, 2.75) is 45.8 Å². The van der Waals surface area contributed by atoms with Gasteiger partial charge in [0.05, 0.1) is 36.2 Å². The van der Waals surface area contributed by atoms with Crippen molar-refractivity contribution in [2.75, 3.05) is 19.7 Å². The Balaban J connectivity index is 1.72. The number of imidazole rings is 1. The molecule has 1 fully saturated rings. The summed E-state index contributed by atoms with van der Waals surface area (Å²) in [5, 5.41) is 0. The molecule has 1 aromatic carbocycles. The minimum atomic E-state index is -0.949. The van der Waals surface area contributed by atoms with Gasteiger partial charge < -0.3 is 18.8 Å². The molecule has 1 aliphatic rings. The predicted octanol–water partition coefficient (Wildman–Crippen LogP) is 3.37. The highest BCUT2D eigenvalue weighted by molar-refractivity contribution is 5.94. The Kier molecular flexibility index (Phi) is 6.96. The lowest BCUT2D eigenvalue weighted by atomic mass is 10.0. The highest BCUT2D eigenvalue weighted by Crippen LogP contribution is 2.32. The van der Waals surface area contributed by atoms with E-state index in [1.54, 1.807) is 42.3 Å². The second kappa shape index (κ2) is 9.82. The molecule has 9 nitrogen and oxygen atoms in total. The van der Waals surface area contributed by atoms with Crippen LogP contribution in [0.1, 0.15) is 42.4 Å². The minimum Gasteiger partial charge on any atom is -0.444 e. The molecule has 1 saturated heterocycles. The van der Waals surface area contributed by atoms with E-state index in [0.717, 1.165) is 17.7 Å². The van der Waals surface area contributed by atoms with Crippen LogP contribution >= 0.6 is 0 Å². The summed E-state index contributed by atoms with van der Waals surface area (Å²) in [4.78, 5) is 30.5. The highest BCUT2D eigenvalue weighted by Gasteiger charge is 2.31. The van der Waals surface area contributed by atoms with Gasteiger partial charge in [0.25, 0.3) is 5.91 Å². The third kappa shape index (κ3) is 5.31. The number of pyridine rings is 1. The largest absolute Gasteiger partial charge is 0.444 e. The first-order chi connectivity index (χ1) is 17.0. The van der Waals surface area contributed by atoms with Gasteiger partial charge in [0, 0.05) is 24.7 Å². The molecule has 192 valence electrons. The topological polar surface area (TPSA) is 111 Å². The summed E-state index contributed by atoms with van der Waals surface area (Å²) >= 11 is 0. The number of aryl methyl sites for hydroxylation is 1. The summed E-state index contributed by atoms with van der Waals surface area (Å²) in [6, 6.07) is 5.49. The van der Waals surface area contributed by atoms with Crippen molar-refractivity contribution in [1.82, 2.24) is 19.7 Å². The molecule has 2 aromatic heterocycles. The van der Waals surface area contributed by atoms with Gasteiger partial charge in [-0.15, -0.1) is 0 Å². The molecule has 0 unspecified atom stereocenters. The molecular weight excluding hydrogens is 472 g/mol. The van der Waals surface area contributed by atoms with Crippen molar-refractivity contribution in [3.63, 3.8) is 0 Å². The van der Waals surface area contributed by atoms with Crippen molar-refractivity contribution in [3.05, 3.63) is 58.9 Å². The van der Waals surface area contributed by atoms with Crippen LogP contribution in [-0.2, 0) is 15.9 Å². The van der Waals surface area contributed by atoms with Crippen molar-refractivity contribution in [3.8, 4) is 11.3 Å². The van der Waals surface area contributed by atoms with Crippen LogP contribution < -0.4 is 11.3 Å². The molecule has 3 heterocycles. The fraction of sp³-hybridized carbons (Fsp3) is 0.400. The Morgan fingerprint density at radius 2 is 1.94 bits per heavy atom. The van der Waals surface area contributed by atoms with E-state index >= 15 is 8.78 Å². The average molecular weight is 502 g/mol. The molecule has 0 aliphatic carbocycles. The average Bonchev–Trinajstić information content (AvgIpc) is 3.13. The first-order valence-corrected chi connectivity index (χ1v) is 11.5. The van der Waals surface area contributed by atoms with Crippen molar-refractivity contribution in [2.24, 2.45) is 5.84 Å². The molecular formula is C25H29F2N5O4. The van der Waals surface area contributed by atoms with E-state index in [1.165, 1.54) is 0 Å². The standard InChI is InChI=1S/C25H29F2N5O4/c1-14-5-6-32-19(12-16-13-31(7-8-35-16)24(34)36-25(2,3)4)22(29-20(32)9-14)21-17(26)10-15(11-18(21)27)23(33)30-28/h5-6,9-11,16H,7-8,12-13,28H2,1-4H3,(H,30,33)/t16-/m0/s1. The zero-order chi connectivity index (χ0) is 26.2. The molecule has 36 heavy (non-hydrogen) atoms. The molecule has 11 heteroatoms. The van der Waals surface area contributed by atoms with E-state index in [9.17, 15) is 9.59 Å². The zero-order valence-electron chi connectivity index (χ0n) is 20.6. The van der Waals surface area contributed by atoms with Gasteiger partial charge >= 0.3 is 6.09 Å². The Labute approximate surface area is 207 Å². The number of benzene rings is 1. The van der Waals surface area contributed by atoms with Gasteiger partial charge in [-0.05, 0) is 57.5 Å². The second-order valence-corrected chi connectivity index (χ2v) is 9.75. The lowest BCUT2D eigenvalue weighted by Gasteiger charge is -2.34. The fourth-order valence-electron chi connectivity index (χ4n) is 4.16. The molecule has 1 aliphatic heterocycles. The number of morpholine rings is 1. The van der Waals surface area contributed by atoms with Crippen molar-refractivity contribution in [1.29, 1.82) is 0 Å². The number of hydrogen-bond acceptors (Lipinski definition) is 6. The Hall–Kier alpha value is -3.57. The number of amides is 2. The number of nitrogens with one attached hydrogen (secondary N) is 1. The number of nitrogens with two attached hydrogens (primary N) is 1. The van der Waals surface area contributed by atoms with Gasteiger partial charge in [-0.25, -0.2) is 24.4 Å². The van der Waals surface area contributed by atoms with Crippen LogP contribution in [0.4, 0.5) is 13.6 Å². The SMILES string of the molecule is Cc1ccn2c(C[C@H]3CN(C(=O)OC(C)(C)C)CCO3)c(-c3c(F)cc(C(=O)NN)cc3F)nc2c1. The van der Waals surface area contributed by atoms with Gasteiger partial charge in [0.2, 0.25) is 0 Å². The van der Waals surface area contributed by atoms with Crippen molar-refractivity contribution >= 4 is 17.6 Å². The van der Waals surface area contributed by atoms with Gasteiger partial charge in [-0.1, -0.05) is 0 Å². The maximum Gasteiger partial charge on any atom is 0.410 e. The number of nitrogens with zero attached hydrogens (tertiary/aromatic N) is 3. The van der Waals surface area contributed by atoms with Gasteiger partial charge in [0.1, 0.15) is 22.9 Å². The van der Waals surface area contributed by atoms with Crippen LogP contribution in [-0.4, -0.2) is 57.7 Å². The summed E-state index contributed by atoms with van der Waals surface area (Å²) in [6.45, 7) is 8.18. The van der Waals surface area contributed by atoms with E-state index in [4.69, 9.17) is 15.3 Å². The molecule has 2 amide bonds. The summed E-state index contributed by atoms with van der Waals surface area (Å²) in [5.41, 5.74) is 2.64. The number of carbonyl (C=O) groups is 2. The fourth-order valence-corrected chi connectivity index (χ4v) is 4.16. The quantitative estimate of drug-likeness (QED) is 0.322. The maximum absolute atomic E-state index is 15.2. The Morgan fingerprint density at radius 1 is 1.25 bits per heavy atom. The van der Waals surface area contributed by atoms with E-state index in [-0.39, 0.29) is 29.8 Å². The molecule has 4 rings (SSSR count). The first kappa shape index (κ1) is 25.5. The highest BCUT2D eigenvalue weighted by atomic mass is 19.1. The maximum atomic E-state index is 15.2. The summed E-state index contributed by atoms with van der Waals surface area (Å²) in [6.07, 6.45) is 1.09. The normalized spacial score (nSPS) is 16.3. The summed E-state index contributed by atoms with van der Waals surface area (Å²) in [5.74, 6) is 2.39. The van der Waals surface area contributed by atoms with Gasteiger partial charge in [-0.2, -0.15) is 0 Å². The van der Waals surface area contributed by atoms with Crippen molar-refractivity contribution < 1.29 is 27.8 Å². The summed E-state index contributed by atoms with van der Waals surface area (Å²) in [7, 11) is 0. The lowest BCUT2D eigenvalue weighted by Crippen LogP contribution is -2.48. The number of halogens is 2. The van der Waals surface area contributed by atoms with Crippen LogP contribution in [0.2, 0.25) is 0 Å². The number of ether oxygens (including phenoxy) is 2. The number of carbonyl (C=O) groups excluding carboxylic acids is 2. The van der Waals surface area contributed by atoms with Crippen LogP contribution in [0, 0.1) is 18.6 Å².